The number of imidazole rings is 1. The van der Waals surface area contributed by atoms with Crippen LogP contribution in [-0.4, -0.2) is 30.3 Å². The van der Waals surface area contributed by atoms with Crippen LogP contribution in [0.25, 0.3) is 0 Å². The van der Waals surface area contributed by atoms with Crippen molar-refractivity contribution in [2.24, 2.45) is 0 Å². The van der Waals surface area contributed by atoms with Crippen LogP contribution in [0.1, 0.15) is 11.1 Å². The first kappa shape index (κ1) is 15.5. The van der Waals surface area contributed by atoms with E-state index < -0.39 is 10.0 Å². The smallest absolute Gasteiger partial charge is 0.280 e. The lowest BCUT2D eigenvalue weighted by atomic mass is 10.0. The Morgan fingerprint density at radius 2 is 2.22 bits per heavy atom. The van der Waals surface area contributed by atoms with Crippen molar-refractivity contribution in [2.45, 2.75) is 29.7 Å². The second-order valence-corrected chi connectivity index (χ2v) is 8.92. The number of hydrogen-bond donors (Lipinski definition) is 2. The number of thioether (sulfide) groups is 1. The highest BCUT2D eigenvalue weighted by Gasteiger charge is 2.30. The van der Waals surface area contributed by atoms with Gasteiger partial charge in [-0.25, -0.2) is 4.98 Å². The molecule has 0 saturated heterocycles. The van der Waals surface area contributed by atoms with Gasteiger partial charge in [0, 0.05) is 24.5 Å². The zero-order valence-corrected chi connectivity index (χ0v) is 15.4. The van der Waals surface area contributed by atoms with E-state index in [9.17, 15) is 8.42 Å². The summed E-state index contributed by atoms with van der Waals surface area (Å²) in [5.74, 6) is 0.851. The Kier molecular flexibility index (Phi) is 3.91. The van der Waals surface area contributed by atoms with E-state index in [0.29, 0.717) is 16.8 Å². The molecule has 1 aromatic carbocycles. The van der Waals surface area contributed by atoms with Crippen LogP contribution in [0.5, 0.6) is 0 Å². The van der Waals surface area contributed by atoms with Gasteiger partial charge in [-0.3, -0.25) is 4.72 Å². The monoisotopic (exact) mass is 414 g/mol. The summed E-state index contributed by atoms with van der Waals surface area (Å²) < 4.78 is 30.4. The van der Waals surface area contributed by atoms with Crippen molar-refractivity contribution in [2.75, 3.05) is 17.0 Å². The predicted octanol–water partition coefficient (Wildman–Crippen LogP) is 2.20. The summed E-state index contributed by atoms with van der Waals surface area (Å²) in [6.07, 6.45) is 0.910. The Morgan fingerprint density at radius 3 is 3.09 bits per heavy atom. The van der Waals surface area contributed by atoms with Crippen molar-refractivity contribution in [3.63, 3.8) is 0 Å². The third-order valence-corrected chi connectivity index (χ3v) is 7.19. The lowest BCUT2D eigenvalue weighted by molar-refractivity contribution is 0.576. The van der Waals surface area contributed by atoms with Crippen LogP contribution in [0.2, 0.25) is 0 Å². The molecule has 1 aromatic heterocycles. The average molecular weight is 415 g/mol. The number of nitrogens with zero attached hydrogens (tertiary/aromatic N) is 2. The van der Waals surface area contributed by atoms with E-state index in [1.807, 2.05) is 18.2 Å². The molecule has 0 spiro atoms. The van der Waals surface area contributed by atoms with Crippen LogP contribution in [0.4, 0.5) is 5.69 Å². The van der Waals surface area contributed by atoms with Crippen LogP contribution in [-0.2, 0) is 29.5 Å². The van der Waals surface area contributed by atoms with Crippen molar-refractivity contribution in [3.05, 3.63) is 33.9 Å². The van der Waals surface area contributed by atoms with Crippen molar-refractivity contribution < 1.29 is 8.42 Å². The summed E-state index contributed by atoms with van der Waals surface area (Å²) in [5.41, 5.74) is 3.01. The number of fused-ring (bicyclic) bond motifs is 2. The molecule has 0 fully saturated rings. The fourth-order valence-corrected chi connectivity index (χ4v) is 6.34. The third kappa shape index (κ3) is 2.79. The molecule has 23 heavy (non-hydrogen) atoms. The number of aromatic nitrogens is 2. The van der Waals surface area contributed by atoms with E-state index in [1.165, 1.54) is 11.1 Å². The lowest BCUT2D eigenvalue weighted by Crippen LogP contribution is -2.24. The van der Waals surface area contributed by atoms with Crippen LogP contribution < -0.4 is 10.0 Å². The summed E-state index contributed by atoms with van der Waals surface area (Å²) in [5, 5.41) is 4.26. The molecule has 2 N–H and O–H groups in total. The maximum absolute atomic E-state index is 12.8. The predicted molar refractivity (Wildman–Crippen MR) is 93.3 cm³/mol. The summed E-state index contributed by atoms with van der Waals surface area (Å²) in [6.45, 7) is 2.41. The summed E-state index contributed by atoms with van der Waals surface area (Å²) in [7, 11) is -3.68. The van der Waals surface area contributed by atoms with Crippen LogP contribution in [0.15, 0.2) is 33.0 Å². The summed E-state index contributed by atoms with van der Waals surface area (Å²) >= 11 is 4.85. The van der Waals surface area contributed by atoms with Crippen molar-refractivity contribution >= 4 is 43.4 Å². The molecule has 0 atom stereocenters. The number of nitrogens with one attached hydrogen (secondary N) is 2. The normalized spacial score (nSPS) is 16.9. The van der Waals surface area contributed by atoms with E-state index in [2.05, 4.69) is 31.0 Å². The Labute approximate surface area is 147 Å². The van der Waals surface area contributed by atoms with Gasteiger partial charge >= 0.3 is 0 Å². The molecule has 2 aliphatic heterocycles. The van der Waals surface area contributed by atoms with Crippen LogP contribution in [0.3, 0.4) is 0 Å². The molecule has 2 aliphatic rings. The van der Waals surface area contributed by atoms with Gasteiger partial charge in [0.25, 0.3) is 10.0 Å². The number of anilines is 1. The lowest BCUT2D eigenvalue weighted by Gasteiger charge is -2.18. The molecule has 4 rings (SSSR count). The van der Waals surface area contributed by atoms with E-state index in [4.69, 9.17) is 0 Å². The Balaban J connectivity index is 1.68. The van der Waals surface area contributed by atoms with E-state index in [1.54, 1.807) is 16.3 Å². The first-order chi connectivity index (χ1) is 11.0. The molecule has 0 saturated carbocycles. The zero-order valence-electron chi connectivity index (χ0n) is 12.2. The number of sulfonamides is 1. The maximum atomic E-state index is 12.8. The molecule has 2 aromatic rings. The molecule has 0 unspecified atom stereocenters. The van der Waals surface area contributed by atoms with Crippen LogP contribution >= 0.6 is 27.7 Å². The van der Waals surface area contributed by atoms with Crippen molar-refractivity contribution in [1.29, 1.82) is 0 Å². The Morgan fingerprint density at radius 1 is 1.35 bits per heavy atom. The minimum atomic E-state index is -3.68. The SMILES string of the molecule is O=S(=O)(Nc1ccc2c(c1)CCNC2)c1c(Br)nc2n1CCS2. The van der Waals surface area contributed by atoms with E-state index >= 15 is 0 Å². The fraction of sp³-hybridized carbons (Fsp3) is 0.357. The maximum Gasteiger partial charge on any atom is 0.280 e. The average Bonchev–Trinajstić information content (AvgIpc) is 3.06. The minimum Gasteiger partial charge on any atom is -0.312 e. The number of benzene rings is 1. The highest BCUT2D eigenvalue weighted by atomic mass is 79.9. The number of rotatable bonds is 3. The van der Waals surface area contributed by atoms with Gasteiger partial charge in [-0.1, -0.05) is 17.8 Å². The molecule has 122 valence electrons. The summed E-state index contributed by atoms with van der Waals surface area (Å²) in [4.78, 5) is 4.28. The standard InChI is InChI=1S/C14H15BrN4O2S2/c15-12-13(19-5-6-22-14(19)17-12)23(20,21)18-11-2-1-10-8-16-4-3-9(10)7-11/h1-2,7,16,18H,3-6,8H2. The van der Waals surface area contributed by atoms with E-state index in [0.717, 1.165) is 30.4 Å². The van der Waals surface area contributed by atoms with Gasteiger partial charge < -0.3 is 9.88 Å². The van der Waals surface area contributed by atoms with Gasteiger partial charge in [0.2, 0.25) is 0 Å². The first-order valence-electron chi connectivity index (χ1n) is 7.29. The van der Waals surface area contributed by atoms with Gasteiger partial charge in [0.1, 0.15) is 4.60 Å². The van der Waals surface area contributed by atoms with E-state index in [-0.39, 0.29) is 5.03 Å². The molecule has 0 aliphatic carbocycles. The number of halogens is 1. The number of hydrogen-bond acceptors (Lipinski definition) is 5. The van der Waals surface area contributed by atoms with Gasteiger partial charge in [0.05, 0.1) is 0 Å². The minimum absolute atomic E-state index is 0.205. The highest BCUT2D eigenvalue weighted by molar-refractivity contribution is 9.10. The molecular weight excluding hydrogens is 400 g/mol. The second kappa shape index (κ2) is 5.80. The molecule has 0 radical (unpaired) electrons. The Bertz CT molecular complexity index is 879. The van der Waals surface area contributed by atoms with Crippen LogP contribution in [0, 0.1) is 0 Å². The molecular formula is C14H15BrN4O2S2. The molecule has 6 nitrogen and oxygen atoms in total. The quantitative estimate of drug-likeness (QED) is 0.804. The highest BCUT2D eigenvalue weighted by Crippen LogP contribution is 2.34. The van der Waals surface area contributed by atoms with Gasteiger partial charge in [-0.05, 0) is 52.2 Å². The van der Waals surface area contributed by atoms with Crippen molar-refractivity contribution in [1.82, 2.24) is 14.9 Å². The molecule has 9 heteroatoms. The molecule has 3 heterocycles. The second-order valence-electron chi connectivity index (χ2n) is 5.51. The Hall–Kier alpha value is -1.03. The van der Waals surface area contributed by atoms with Crippen molar-refractivity contribution in [3.8, 4) is 0 Å². The first-order valence-corrected chi connectivity index (χ1v) is 10.5. The van der Waals surface area contributed by atoms with Gasteiger partial charge in [-0.15, -0.1) is 0 Å². The van der Waals surface area contributed by atoms with Gasteiger partial charge in [0.15, 0.2) is 10.2 Å². The molecule has 0 amide bonds. The van der Waals surface area contributed by atoms with Gasteiger partial charge in [-0.2, -0.15) is 8.42 Å². The zero-order chi connectivity index (χ0) is 16.0. The fourth-order valence-electron chi connectivity index (χ4n) is 2.93. The third-order valence-electron chi connectivity index (χ3n) is 3.99. The summed E-state index contributed by atoms with van der Waals surface area (Å²) in [6, 6.07) is 5.72. The topological polar surface area (TPSA) is 76.0 Å². The largest absolute Gasteiger partial charge is 0.312 e. The molecule has 0 bridgehead atoms.